The quantitative estimate of drug-likeness (QED) is 0.686. The molecule has 0 bridgehead atoms. The molecule has 2 N–H and O–H groups in total. The number of H-pyrrole nitrogens is 1. The number of hydrogen-bond donors (Lipinski definition) is 2. The summed E-state index contributed by atoms with van der Waals surface area (Å²) in [5.41, 5.74) is 0.665. The van der Waals surface area contributed by atoms with Crippen LogP contribution in [-0.4, -0.2) is 34.3 Å². The predicted molar refractivity (Wildman–Crippen MR) is 96.2 cm³/mol. The maximum Gasteiger partial charge on any atom is 0.257 e. The molecule has 2 heterocycles. The van der Waals surface area contributed by atoms with Gasteiger partial charge in [-0.1, -0.05) is 16.8 Å². The molecule has 0 amide bonds. The summed E-state index contributed by atoms with van der Waals surface area (Å²) in [5.74, 6) is 0.666. The molecule has 10 heteroatoms. The first-order chi connectivity index (χ1) is 12.1. The Morgan fingerprint density at radius 2 is 2.04 bits per heavy atom. The Morgan fingerprint density at radius 1 is 1.27 bits per heavy atom. The third-order valence-electron chi connectivity index (χ3n) is 3.28. The minimum Gasteiger partial charge on any atom is -0.334 e. The van der Waals surface area contributed by atoms with Gasteiger partial charge >= 0.3 is 0 Å². The fourth-order valence-electron chi connectivity index (χ4n) is 2.30. The summed E-state index contributed by atoms with van der Waals surface area (Å²) in [4.78, 5) is 4.26. The predicted octanol–water partition coefficient (Wildman–Crippen LogP) is 2.78. The van der Waals surface area contributed by atoms with Gasteiger partial charge in [-0.2, -0.15) is 10.1 Å². The van der Waals surface area contributed by atoms with Crippen LogP contribution in [0.2, 0.25) is 5.02 Å². The Bertz CT molecular complexity index is 1010. The molecule has 0 spiro atoms. The first-order valence-corrected chi connectivity index (χ1v) is 9.65. The molecule has 0 fully saturated rings. The topological polar surface area (TPSA) is 114 Å². The highest BCUT2D eigenvalue weighted by Gasteiger charge is 2.25. The van der Waals surface area contributed by atoms with Crippen LogP contribution in [0.1, 0.15) is 32.3 Å². The number of nitrogens with zero attached hydrogens (tertiary/aromatic N) is 3. The summed E-state index contributed by atoms with van der Waals surface area (Å²) >= 11 is 6.10. The molecule has 138 valence electrons. The molecular weight excluding hydrogens is 378 g/mol. The van der Waals surface area contributed by atoms with Crippen molar-refractivity contribution in [2.45, 2.75) is 37.6 Å². The van der Waals surface area contributed by atoms with Gasteiger partial charge in [-0.15, -0.1) is 0 Å². The number of sulfonamides is 1. The summed E-state index contributed by atoms with van der Waals surface area (Å²) in [7, 11) is -3.80. The van der Waals surface area contributed by atoms with Crippen LogP contribution in [0.3, 0.4) is 0 Å². The molecule has 8 nitrogen and oxygen atoms in total. The van der Waals surface area contributed by atoms with Crippen molar-refractivity contribution in [1.29, 1.82) is 0 Å². The van der Waals surface area contributed by atoms with E-state index >= 15 is 0 Å². The molecule has 0 unspecified atom stereocenters. The highest BCUT2D eigenvalue weighted by molar-refractivity contribution is 7.89. The van der Waals surface area contributed by atoms with Crippen LogP contribution < -0.4 is 4.72 Å². The molecule has 2 aromatic heterocycles. The first kappa shape index (κ1) is 18.6. The number of halogens is 1. The van der Waals surface area contributed by atoms with Gasteiger partial charge in [-0.3, -0.25) is 5.10 Å². The van der Waals surface area contributed by atoms with Crippen molar-refractivity contribution in [3.05, 3.63) is 47.0 Å². The van der Waals surface area contributed by atoms with Crippen LogP contribution >= 0.6 is 11.6 Å². The summed E-state index contributed by atoms with van der Waals surface area (Å²) in [5, 5.41) is 10.7. The van der Waals surface area contributed by atoms with Gasteiger partial charge in [0.05, 0.1) is 11.4 Å². The zero-order valence-corrected chi connectivity index (χ0v) is 16.0. The molecule has 0 saturated carbocycles. The van der Waals surface area contributed by atoms with Crippen LogP contribution in [0.15, 0.2) is 39.9 Å². The normalized spacial score (nSPS) is 12.5. The standard InChI is InChI=1S/C16H18ClN5O3S/c1-16(2,3)22-26(23,24)13-8-10(4-5-12(13)17)15-19-14(21-25-15)9-11-6-7-18-20-11/h4-8,22H,9H2,1-3H3,(H,18,20). The van der Waals surface area contributed by atoms with E-state index in [1.54, 1.807) is 39.1 Å². The molecule has 26 heavy (non-hydrogen) atoms. The number of hydrogen-bond acceptors (Lipinski definition) is 6. The molecule has 0 atom stereocenters. The summed E-state index contributed by atoms with van der Waals surface area (Å²) < 4.78 is 33.0. The van der Waals surface area contributed by atoms with Crippen LogP contribution in [0.25, 0.3) is 11.5 Å². The second kappa shape index (κ2) is 6.82. The third kappa shape index (κ3) is 4.29. The lowest BCUT2D eigenvalue weighted by Gasteiger charge is -2.20. The number of nitrogens with one attached hydrogen (secondary N) is 2. The van der Waals surface area contributed by atoms with Crippen molar-refractivity contribution in [3.8, 4) is 11.5 Å². The van der Waals surface area contributed by atoms with E-state index in [9.17, 15) is 8.42 Å². The Balaban J connectivity index is 1.92. The number of rotatable bonds is 5. The zero-order valence-electron chi connectivity index (χ0n) is 14.4. The maximum absolute atomic E-state index is 12.6. The maximum atomic E-state index is 12.6. The second-order valence-corrected chi connectivity index (χ2v) is 8.83. The minimum atomic E-state index is -3.80. The van der Waals surface area contributed by atoms with E-state index in [1.165, 1.54) is 12.1 Å². The zero-order chi connectivity index (χ0) is 18.9. The third-order valence-corrected chi connectivity index (χ3v) is 5.52. The lowest BCUT2D eigenvalue weighted by Crippen LogP contribution is -2.40. The van der Waals surface area contributed by atoms with Gasteiger partial charge in [0.25, 0.3) is 5.89 Å². The first-order valence-electron chi connectivity index (χ1n) is 7.79. The second-order valence-electron chi connectivity index (χ2n) is 6.78. The van der Waals surface area contributed by atoms with Crippen molar-refractivity contribution in [2.24, 2.45) is 0 Å². The number of benzene rings is 1. The Labute approximate surface area is 156 Å². The van der Waals surface area contributed by atoms with Crippen molar-refractivity contribution in [2.75, 3.05) is 0 Å². The van der Waals surface area contributed by atoms with Crippen molar-refractivity contribution >= 4 is 21.6 Å². The molecule has 0 saturated heterocycles. The van der Waals surface area contributed by atoms with Crippen LogP contribution in [0, 0.1) is 0 Å². The van der Waals surface area contributed by atoms with Crippen LogP contribution in [-0.2, 0) is 16.4 Å². The molecule has 0 aliphatic rings. The number of aromatic amines is 1. The Morgan fingerprint density at radius 3 is 2.69 bits per heavy atom. The SMILES string of the molecule is CC(C)(C)NS(=O)(=O)c1cc(-c2nc(Cc3ccn[nH]3)no2)ccc1Cl. The highest BCUT2D eigenvalue weighted by Crippen LogP contribution is 2.28. The molecule has 0 aliphatic carbocycles. The van der Waals surface area contributed by atoms with Crippen LogP contribution in [0.5, 0.6) is 0 Å². The molecular formula is C16H18ClN5O3S. The lowest BCUT2D eigenvalue weighted by atomic mass is 10.1. The van der Waals surface area contributed by atoms with Crippen LogP contribution in [0.4, 0.5) is 0 Å². The molecule has 1 aromatic carbocycles. The monoisotopic (exact) mass is 395 g/mol. The summed E-state index contributed by atoms with van der Waals surface area (Å²) in [6, 6.07) is 6.35. The van der Waals surface area contributed by atoms with E-state index in [-0.39, 0.29) is 15.8 Å². The van der Waals surface area contributed by atoms with Crippen molar-refractivity contribution < 1.29 is 12.9 Å². The van der Waals surface area contributed by atoms with E-state index < -0.39 is 15.6 Å². The molecule has 0 aliphatic heterocycles. The minimum absolute atomic E-state index is 0.0418. The smallest absolute Gasteiger partial charge is 0.257 e. The number of aromatic nitrogens is 4. The van der Waals surface area contributed by atoms with Gasteiger partial charge < -0.3 is 4.52 Å². The van der Waals surface area contributed by atoms with Gasteiger partial charge in [-0.25, -0.2) is 13.1 Å². The van der Waals surface area contributed by atoms with E-state index in [0.717, 1.165) is 5.69 Å². The molecule has 3 aromatic rings. The van der Waals surface area contributed by atoms with Gasteiger partial charge in [0.2, 0.25) is 10.0 Å². The van der Waals surface area contributed by atoms with Crippen molar-refractivity contribution in [1.82, 2.24) is 25.1 Å². The van der Waals surface area contributed by atoms with Gasteiger partial charge in [0.1, 0.15) is 4.90 Å². The fourth-order valence-corrected chi connectivity index (χ4v) is 4.24. The largest absolute Gasteiger partial charge is 0.334 e. The van der Waals surface area contributed by atoms with Gasteiger partial charge in [0.15, 0.2) is 5.82 Å². The summed E-state index contributed by atoms with van der Waals surface area (Å²) in [6.45, 7) is 5.26. The average Bonchev–Trinajstić information content (AvgIpc) is 3.17. The van der Waals surface area contributed by atoms with Gasteiger partial charge in [-0.05, 0) is 45.0 Å². The van der Waals surface area contributed by atoms with E-state index in [4.69, 9.17) is 16.1 Å². The van der Waals surface area contributed by atoms with E-state index in [2.05, 4.69) is 25.1 Å². The fraction of sp³-hybridized carbons (Fsp3) is 0.312. The van der Waals surface area contributed by atoms with E-state index in [0.29, 0.717) is 17.8 Å². The Kier molecular flexibility index (Phi) is 4.87. The average molecular weight is 396 g/mol. The highest BCUT2D eigenvalue weighted by atomic mass is 35.5. The van der Waals surface area contributed by atoms with Crippen molar-refractivity contribution in [3.63, 3.8) is 0 Å². The molecule has 0 radical (unpaired) electrons. The molecule has 3 rings (SSSR count). The lowest BCUT2D eigenvalue weighted by molar-refractivity contribution is 0.423. The van der Waals surface area contributed by atoms with Gasteiger partial charge in [0, 0.05) is 23.0 Å². The Hall–Kier alpha value is -2.23. The summed E-state index contributed by atoms with van der Waals surface area (Å²) in [6.07, 6.45) is 2.06. The van der Waals surface area contributed by atoms with E-state index in [1.807, 2.05) is 0 Å².